The maximum atomic E-state index is 12.0. The van der Waals surface area contributed by atoms with Crippen LogP contribution in [-0.4, -0.2) is 72.9 Å². The lowest BCUT2D eigenvalue weighted by Crippen LogP contribution is -2.95. The molecule has 2 bridgehead atoms. The van der Waals surface area contributed by atoms with E-state index in [2.05, 4.69) is 17.6 Å². The van der Waals surface area contributed by atoms with Crippen molar-refractivity contribution in [1.82, 2.24) is 5.32 Å². The van der Waals surface area contributed by atoms with Crippen molar-refractivity contribution >= 4 is 33.5 Å². The van der Waals surface area contributed by atoms with Crippen molar-refractivity contribution in [2.45, 2.75) is 122 Å². The fraction of sp³-hybridized carbons (Fsp3) is 0.931. The summed E-state index contributed by atoms with van der Waals surface area (Å²) in [4.78, 5) is 23.8. The monoisotopic (exact) mass is 589 g/mol. The highest BCUT2D eigenvalue weighted by Gasteiger charge is 2.45. The lowest BCUT2D eigenvalue weighted by molar-refractivity contribution is -0.704. The van der Waals surface area contributed by atoms with Crippen molar-refractivity contribution in [3.05, 3.63) is 0 Å². The summed E-state index contributed by atoms with van der Waals surface area (Å²) in [7, 11) is 5.52. The predicted molar refractivity (Wildman–Crippen MR) is 157 cm³/mol. The highest BCUT2D eigenvalue weighted by Crippen LogP contribution is 2.46. The molecule has 226 valence electrons. The van der Waals surface area contributed by atoms with Gasteiger partial charge < -0.3 is 24.6 Å². The Morgan fingerprint density at radius 1 is 1.03 bits per heavy atom. The van der Waals surface area contributed by atoms with Crippen molar-refractivity contribution in [1.29, 1.82) is 0 Å². The molecule has 1 saturated carbocycles. The molecule has 1 aliphatic carbocycles. The van der Waals surface area contributed by atoms with Gasteiger partial charge in [-0.2, -0.15) is 0 Å². The van der Waals surface area contributed by atoms with Gasteiger partial charge in [-0.3, -0.25) is 14.9 Å². The summed E-state index contributed by atoms with van der Waals surface area (Å²) < 4.78 is 17.3. The smallest absolute Gasteiger partial charge is 0.302 e. The predicted octanol–water partition coefficient (Wildman–Crippen LogP) is 3.86. The summed E-state index contributed by atoms with van der Waals surface area (Å²) in [5.41, 5.74) is 0. The van der Waals surface area contributed by atoms with Gasteiger partial charge in [-0.05, 0) is 68.6 Å². The molecular weight excluding hydrogens is 536 g/mol. The summed E-state index contributed by atoms with van der Waals surface area (Å²) in [6.07, 6.45) is 9.67. The number of hydrogen-bond acceptors (Lipinski definition) is 9. The molecule has 0 aromatic carbocycles. The highest BCUT2D eigenvalue weighted by molar-refractivity contribution is 8.76. The molecule has 0 amide bonds. The summed E-state index contributed by atoms with van der Waals surface area (Å²) in [6, 6.07) is 0. The lowest BCUT2D eigenvalue weighted by Gasteiger charge is -2.46. The standard InChI is InChI=1S/C29H52N2O6S2/c1-5-6-7-8-23(36-19(2)32)16-24(37-20(3)33)10-9-22-15-27(35-4)29(34)25-13-21-11-12-30-28(14-21)31-18-39-38-17-26(22)25/h21-31,34H,5-18H2,1-4H3/p+1/t21?,22?,23-,24+,25?,26?,27?,28?,29?/m0/s1. The zero-order chi connectivity index (χ0) is 28.2. The minimum atomic E-state index is -0.448. The van der Waals surface area contributed by atoms with Crippen LogP contribution in [0.25, 0.3) is 0 Å². The molecule has 0 aromatic heterocycles. The number of nitrogens with two attached hydrogens (primary N) is 1. The number of hydrogen-bond donors (Lipinski definition) is 3. The molecule has 0 radical (unpaired) electrons. The Hall–Kier alpha value is -0.520. The third-order valence-corrected chi connectivity index (χ3v) is 11.2. The van der Waals surface area contributed by atoms with E-state index in [-0.39, 0.29) is 36.2 Å². The van der Waals surface area contributed by atoms with E-state index < -0.39 is 6.10 Å². The number of aliphatic hydroxyl groups is 1. The number of fused-ring (bicyclic) bond motifs is 3. The van der Waals surface area contributed by atoms with Crippen LogP contribution < -0.4 is 10.6 Å². The molecular formula is C29H53N2O6S2+. The second-order valence-electron chi connectivity index (χ2n) is 11.9. The number of quaternary nitrogens is 1. The Morgan fingerprint density at radius 2 is 1.77 bits per heavy atom. The van der Waals surface area contributed by atoms with Gasteiger partial charge in [0, 0.05) is 39.6 Å². The zero-order valence-electron chi connectivity index (χ0n) is 24.5. The summed E-state index contributed by atoms with van der Waals surface area (Å²) >= 11 is 0. The van der Waals surface area contributed by atoms with Crippen LogP contribution in [-0.2, 0) is 23.8 Å². The van der Waals surface area contributed by atoms with E-state index in [0.29, 0.717) is 30.3 Å². The molecule has 4 N–H and O–H groups in total. The third-order valence-electron chi connectivity index (χ3n) is 8.96. The number of nitrogens with one attached hydrogen (secondary N) is 1. The van der Waals surface area contributed by atoms with Crippen LogP contribution in [0.15, 0.2) is 0 Å². The number of unbranched alkanes of at least 4 members (excludes halogenated alkanes) is 2. The first-order valence-corrected chi connectivity index (χ1v) is 17.7. The number of piperidine rings is 1. The van der Waals surface area contributed by atoms with Crippen LogP contribution in [0.1, 0.15) is 91.4 Å². The molecule has 39 heavy (non-hydrogen) atoms. The number of carbonyl (C=O) groups is 2. The van der Waals surface area contributed by atoms with E-state index in [1.165, 1.54) is 20.3 Å². The normalized spacial score (nSPS) is 33.2. The van der Waals surface area contributed by atoms with E-state index in [4.69, 9.17) is 14.2 Å². The zero-order valence-corrected chi connectivity index (χ0v) is 26.1. The van der Waals surface area contributed by atoms with E-state index in [0.717, 1.165) is 76.0 Å². The van der Waals surface area contributed by atoms with E-state index >= 15 is 0 Å². The summed E-state index contributed by atoms with van der Waals surface area (Å²) in [5, 5.41) is 17.6. The fourth-order valence-corrected chi connectivity index (χ4v) is 9.40. The Balaban J connectivity index is 1.73. The van der Waals surface area contributed by atoms with Crippen LogP contribution in [0.5, 0.6) is 0 Å². The Kier molecular flexibility index (Phi) is 14.8. The van der Waals surface area contributed by atoms with Gasteiger partial charge in [-0.15, -0.1) is 0 Å². The molecule has 2 aliphatic heterocycles. The Labute approximate surface area is 243 Å². The Morgan fingerprint density at radius 3 is 2.46 bits per heavy atom. The van der Waals surface area contributed by atoms with Crippen molar-refractivity contribution in [2.75, 3.05) is 25.3 Å². The second kappa shape index (κ2) is 17.4. The molecule has 2 heterocycles. The van der Waals surface area contributed by atoms with Gasteiger partial charge in [-0.25, -0.2) is 0 Å². The van der Waals surface area contributed by atoms with Gasteiger partial charge in [0.1, 0.15) is 18.4 Å². The van der Waals surface area contributed by atoms with Gasteiger partial charge in [0.05, 0.1) is 24.6 Å². The highest BCUT2D eigenvalue weighted by atomic mass is 33.1. The fourth-order valence-electron chi connectivity index (χ4n) is 7.05. The molecule has 8 nitrogen and oxygen atoms in total. The number of aliphatic hydroxyl groups excluding tert-OH is 1. The first-order valence-electron chi connectivity index (χ1n) is 15.2. The van der Waals surface area contributed by atoms with E-state index in [9.17, 15) is 14.7 Å². The maximum absolute atomic E-state index is 12.0. The van der Waals surface area contributed by atoms with Crippen molar-refractivity contribution in [2.24, 2.45) is 23.7 Å². The molecule has 7 unspecified atom stereocenters. The average molecular weight is 590 g/mol. The minimum absolute atomic E-state index is 0.168. The number of esters is 2. The topological polar surface area (TPSA) is 111 Å². The lowest BCUT2D eigenvalue weighted by atomic mass is 9.65. The van der Waals surface area contributed by atoms with Gasteiger partial charge in [0.25, 0.3) is 0 Å². The Bertz CT molecular complexity index is 747. The first-order chi connectivity index (χ1) is 18.8. The number of rotatable bonds is 12. The quantitative estimate of drug-likeness (QED) is 0.178. The molecule has 10 heteroatoms. The van der Waals surface area contributed by atoms with Gasteiger partial charge in [-0.1, -0.05) is 41.4 Å². The second-order valence-corrected chi connectivity index (χ2v) is 14.4. The first kappa shape index (κ1) is 33.0. The van der Waals surface area contributed by atoms with E-state index in [1.54, 1.807) is 7.11 Å². The molecule has 9 atom stereocenters. The summed E-state index contributed by atoms with van der Waals surface area (Å²) in [5.74, 6) is 2.95. The average Bonchev–Trinajstić information content (AvgIpc) is 2.91. The van der Waals surface area contributed by atoms with Crippen molar-refractivity contribution in [3.63, 3.8) is 0 Å². The van der Waals surface area contributed by atoms with Gasteiger partial charge in [0.15, 0.2) is 0 Å². The molecule has 3 aliphatic rings. The maximum Gasteiger partial charge on any atom is 0.302 e. The number of methoxy groups -OCH3 is 1. The molecule has 3 rings (SSSR count). The number of ether oxygens (including phenoxy) is 3. The van der Waals surface area contributed by atoms with Crippen molar-refractivity contribution < 1.29 is 34.2 Å². The van der Waals surface area contributed by atoms with E-state index in [1.807, 2.05) is 21.6 Å². The van der Waals surface area contributed by atoms with Crippen LogP contribution in [0.3, 0.4) is 0 Å². The number of carbonyl (C=O) groups excluding carboxylic acids is 2. The third kappa shape index (κ3) is 11.0. The van der Waals surface area contributed by atoms with Crippen LogP contribution in [0, 0.1) is 23.7 Å². The van der Waals surface area contributed by atoms with Crippen LogP contribution in [0.2, 0.25) is 0 Å². The van der Waals surface area contributed by atoms with Crippen LogP contribution in [0.4, 0.5) is 0 Å². The van der Waals surface area contributed by atoms with Crippen LogP contribution >= 0.6 is 21.6 Å². The minimum Gasteiger partial charge on any atom is -0.462 e. The molecule has 0 spiro atoms. The van der Waals surface area contributed by atoms with Crippen molar-refractivity contribution in [3.8, 4) is 0 Å². The SMILES string of the molecule is CCCCC[C@@H](C[C@@H](CCC1CC(OC)C(O)C2CC3CC[NH2+]C(C3)NCSSCC12)OC(C)=O)OC(C)=O. The van der Waals surface area contributed by atoms with Gasteiger partial charge >= 0.3 is 11.9 Å². The summed E-state index contributed by atoms with van der Waals surface area (Å²) in [6.45, 7) is 6.20. The van der Waals surface area contributed by atoms with Gasteiger partial charge in [0.2, 0.25) is 0 Å². The molecule has 3 fully saturated rings. The largest absolute Gasteiger partial charge is 0.462 e. The molecule has 0 aromatic rings. The molecule has 2 saturated heterocycles.